The van der Waals surface area contributed by atoms with Gasteiger partial charge in [0.2, 0.25) is 0 Å². The second kappa shape index (κ2) is 16.5. The second-order valence-corrected chi connectivity index (χ2v) is 13.3. The summed E-state index contributed by atoms with van der Waals surface area (Å²) in [6.45, 7) is 5.56. The number of benzene rings is 1. The summed E-state index contributed by atoms with van der Waals surface area (Å²) in [7, 11) is 5.61. The van der Waals surface area contributed by atoms with Crippen LogP contribution in [0.2, 0.25) is 0 Å². The van der Waals surface area contributed by atoms with E-state index in [-0.39, 0.29) is 17.2 Å². The molecule has 4 aromatic rings. The lowest BCUT2D eigenvalue weighted by atomic mass is 10.1. The maximum atomic E-state index is 13.2. The number of carbonyl (C=O) groups excluding carboxylic acids is 3. The lowest BCUT2D eigenvalue weighted by Crippen LogP contribution is -2.28. The highest BCUT2D eigenvalue weighted by Crippen LogP contribution is 2.30. The quantitative estimate of drug-likeness (QED) is 0.124. The van der Waals surface area contributed by atoms with E-state index in [1.54, 1.807) is 42.1 Å². The Morgan fingerprint density at radius 2 is 1.80 bits per heavy atom. The molecule has 0 bridgehead atoms. The van der Waals surface area contributed by atoms with E-state index in [2.05, 4.69) is 39.8 Å². The zero-order chi connectivity index (χ0) is 35.7. The van der Waals surface area contributed by atoms with Crippen molar-refractivity contribution in [3.63, 3.8) is 0 Å². The molecule has 0 unspecified atom stereocenters. The van der Waals surface area contributed by atoms with Crippen molar-refractivity contribution >= 4 is 52.0 Å². The molecule has 49 heavy (non-hydrogen) atoms. The summed E-state index contributed by atoms with van der Waals surface area (Å²) < 4.78 is 40.5. The van der Waals surface area contributed by atoms with Gasteiger partial charge in [0.15, 0.2) is 5.13 Å². The molecule has 0 saturated carbocycles. The van der Waals surface area contributed by atoms with Crippen LogP contribution in [0.25, 0.3) is 12.2 Å². The highest BCUT2D eigenvalue weighted by atomic mass is 32.1. The second-order valence-electron chi connectivity index (χ2n) is 12.2. The van der Waals surface area contributed by atoms with Crippen molar-refractivity contribution in [2.45, 2.75) is 39.3 Å². The van der Waals surface area contributed by atoms with Crippen LogP contribution < -0.4 is 16.0 Å². The third-order valence-electron chi connectivity index (χ3n) is 7.35. The molecule has 0 spiro atoms. The number of nitrogens with zero attached hydrogens (tertiary/aromatic N) is 4. The van der Waals surface area contributed by atoms with Gasteiger partial charge >= 0.3 is 6.18 Å². The molecule has 0 aliphatic rings. The third kappa shape index (κ3) is 10.8. The molecule has 0 aliphatic carbocycles. The van der Waals surface area contributed by atoms with E-state index < -0.39 is 23.6 Å². The van der Waals surface area contributed by atoms with Gasteiger partial charge in [0.25, 0.3) is 17.7 Å². The van der Waals surface area contributed by atoms with E-state index >= 15 is 0 Å². The Bertz CT molecular complexity index is 1790. The molecule has 0 atom stereocenters. The van der Waals surface area contributed by atoms with Crippen LogP contribution >= 0.6 is 11.3 Å². The van der Waals surface area contributed by atoms with E-state index in [1.807, 2.05) is 19.0 Å². The average molecular weight is 696 g/mol. The van der Waals surface area contributed by atoms with E-state index in [9.17, 15) is 27.6 Å². The minimum absolute atomic E-state index is 0.246. The van der Waals surface area contributed by atoms with Gasteiger partial charge in [-0.2, -0.15) is 13.2 Å². The van der Waals surface area contributed by atoms with Gasteiger partial charge in [-0.15, -0.1) is 11.3 Å². The number of aryl methyl sites for hydroxylation is 2. The molecule has 3 amide bonds. The lowest BCUT2D eigenvalue weighted by molar-refractivity contribution is -0.137. The zero-order valence-electron chi connectivity index (χ0n) is 28.0. The van der Waals surface area contributed by atoms with Gasteiger partial charge < -0.3 is 20.1 Å². The molecular formula is C35H40F3N7O3S. The van der Waals surface area contributed by atoms with Crippen LogP contribution in [-0.2, 0) is 19.6 Å². The average Bonchev–Trinajstić information content (AvgIpc) is 3.63. The fourth-order valence-electron chi connectivity index (χ4n) is 4.71. The van der Waals surface area contributed by atoms with Crippen LogP contribution in [0, 0.1) is 5.92 Å². The van der Waals surface area contributed by atoms with Gasteiger partial charge in [0, 0.05) is 30.9 Å². The first-order valence-corrected chi connectivity index (χ1v) is 16.5. The van der Waals surface area contributed by atoms with Crippen LogP contribution in [0.5, 0.6) is 0 Å². The number of rotatable bonds is 14. The maximum Gasteiger partial charge on any atom is 0.416 e. The molecule has 3 heterocycles. The zero-order valence-corrected chi connectivity index (χ0v) is 28.8. The van der Waals surface area contributed by atoms with Crippen molar-refractivity contribution in [2.24, 2.45) is 13.0 Å². The molecular weight excluding hydrogens is 655 g/mol. The van der Waals surface area contributed by atoms with Crippen LogP contribution in [0.3, 0.4) is 0 Å². The molecule has 3 aromatic heterocycles. The van der Waals surface area contributed by atoms with Crippen LogP contribution in [0.4, 0.5) is 24.0 Å². The Balaban J connectivity index is 1.39. The van der Waals surface area contributed by atoms with Crippen molar-refractivity contribution in [3.8, 4) is 0 Å². The van der Waals surface area contributed by atoms with Gasteiger partial charge in [-0.3, -0.25) is 24.7 Å². The first kappa shape index (κ1) is 37.0. The number of pyridine rings is 1. The number of thiazole rings is 1. The van der Waals surface area contributed by atoms with Gasteiger partial charge in [-0.25, -0.2) is 4.98 Å². The summed E-state index contributed by atoms with van der Waals surface area (Å²) in [5.74, 6) is -0.762. The van der Waals surface area contributed by atoms with Crippen LogP contribution in [0.1, 0.15) is 79.7 Å². The molecule has 1 aromatic carbocycles. The Hall–Kier alpha value is -4.82. The van der Waals surface area contributed by atoms with Crippen molar-refractivity contribution in [1.29, 1.82) is 0 Å². The third-order valence-corrected chi connectivity index (χ3v) is 8.38. The summed E-state index contributed by atoms with van der Waals surface area (Å²) in [4.78, 5) is 50.7. The van der Waals surface area contributed by atoms with Crippen LogP contribution in [0.15, 0.2) is 54.9 Å². The summed E-state index contributed by atoms with van der Waals surface area (Å²) >= 11 is 1.27. The number of hydrogen-bond acceptors (Lipinski definition) is 7. The standard InChI is InChI=1S/C35H40F3N7O3S/c1-22(2)10-15-29-30(33(48)39-16-7-17-44(3)4)42-34(49-29)43-32(47)28-19-27(21-45(28)5)41-31(46)24-12-14-26(40-20-24)13-11-23-8-6-9-25(18-23)35(36,37)38/h6,8-9,11-14,18-22H,7,10,15-17H2,1-5H3,(H,39,48)(H,41,46)(H,42,43,47)/b13-11+. The van der Waals surface area contributed by atoms with Crippen LogP contribution in [-0.4, -0.2) is 64.3 Å². The number of alkyl halides is 3. The Morgan fingerprint density at radius 1 is 1.02 bits per heavy atom. The molecule has 14 heteroatoms. The minimum Gasteiger partial charge on any atom is -0.351 e. The van der Waals surface area contributed by atoms with Crippen molar-refractivity contribution < 1.29 is 27.6 Å². The van der Waals surface area contributed by atoms with Gasteiger partial charge in [-0.05, 0) is 87.8 Å². The monoisotopic (exact) mass is 695 g/mol. The predicted molar refractivity (Wildman–Crippen MR) is 187 cm³/mol. The number of nitrogens with one attached hydrogen (secondary N) is 3. The molecule has 3 N–H and O–H groups in total. The number of amides is 3. The number of aromatic nitrogens is 3. The molecule has 0 fully saturated rings. The number of halogens is 3. The van der Waals surface area contributed by atoms with Crippen molar-refractivity contribution in [2.75, 3.05) is 37.8 Å². The fraction of sp³-hybridized carbons (Fsp3) is 0.343. The van der Waals surface area contributed by atoms with E-state index in [1.165, 1.54) is 35.7 Å². The normalized spacial score (nSPS) is 11.8. The van der Waals surface area contributed by atoms with Crippen molar-refractivity contribution in [1.82, 2.24) is 24.8 Å². The first-order chi connectivity index (χ1) is 23.2. The smallest absolute Gasteiger partial charge is 0.351 e. The molecule has 0 saturated heterocycles. The molecule has 0 aliphatic heterocycles. The van der Waals surface area contributed by atoms with E-state index in [0.29, 0.717) is 46.7 Å². The number of anilines is 2. The largest absolute Gasteiger partial charge is 0.416 e. The lowest BCUT2D eigenvalue weighted by Gasteiger charge is -2.10. The first-order valence-electron chi connectivity index (χ1n) is 15.7. The minimum atomic E-state index is -4.44. The summed E-state index contributed by atoms with van der Waals surface area (Å²) in [5.41, 5.74) is 1.27. The predicted octanol–water partition coefficient (Wildman–Crippen LogP) is 6.84. The Kier molecular flexibility index (Phi) is 12.5. The fourth-order valence-corrected chi connectivity index (χ4v) is 5.68. The summed E-state index contributed by atoms with van der Waals surface area (Å²) in [6.07, 6.45) is 3.90. The highest BCUT2D eigenvalue weighted by molar-refractivity contribution is 7.16. The highest BCUT2D eigenvalue weighted by Gasteiger charge is 2.30. The summed E-state index contributed by atoms with van der Waals surface area (Å²) in [5, 5.41) is 8.78. The molecule has 4 rings (SSSR count). The van der Waals surface area contributed by atoms with Gasteiger partial charge in [0.05, 0.1) is 22.5 Å². The Labute approximate surface area is 287 Å². The van der Waals surface area contributed by atoms with Gasteiger partial charge in [0.1, 0.15) is 11.4 Å². The molecule has 10 nitrogen and oxygen atoms in total. The molecule has 260 valence electrons. The SMILES string of the molecule is CC(C)CCc1sc(NC(=O)c2cc(NC(=O)c3ccc(/C=C/c4cccc(C(F)(F)F)c4)nc3)cn2C)nc1C(=O)NCCCN(C)C. The summed E-state index contributed by atoms with van der Waals surface area (Å²) in [6, 6.07) is 9.57. The van der Waals surface area contributed by atoms with Crippen molar-refractivity contribution in [3.05, 3.63) is 93.5 Å². The van der Waals surface area contributed by atoms with E-state index in [0.717, 1.165) is 36.4 Å². The molecule has 0 radical (unpaired) electrons. The number of carbonyl (C=O) groups is 3. The van der Waals surface area contributed by atoms with Gasteiger partial charge in [-0.1, -0.05) is 32.1 Å². The van der Waals surface area contributed by atoms with E-state index in [4.69, 9.17) is 0 Å². The maximum absolute atomic E-state index is 13.2. The number of hydrogen-bond donors (Lipinski definition) is 3. The topological polar surface area (TPSA) is 121 Å². The Morgan fingerprint density at radius 3 is 2.47 bits per heavy atom.